The van der Waals surface area contributed by atoms with Crippen LogP contribution in [0.25, 0.3) is 0 Å². The van der Waals surface area contributed by atoms with Crippen molar-refractivity contribution in [1.82, 2.24) is 4.98 Å². The highest BCUT2D eigenvalue weighted by molar-refractivity contribution is 5.18. The lowest BCUT2D eigenvalue weighted by Gasteiger charge is -2.04. The zero-order chi connectivity index (χ0) is 9.64. The number of benzene rings is 1. The molecule has 0 unspecified atom stereocenters. The van der Waals surface area contributed by atoms with Crippen LogP contribution in [0.5, 0.6) is 5.75 Å². The standard InChI is InChI=1S/C12H11NO/c1-2-5-11(6-3-1)10-14-12-7-4-8-13-9-12/h1-9H,10H2. The van der Waals surface area contributed by atoms with Crippen molar-refractivity contribution >= 4 is 0 Å². The van der Waals surface area contributed by atoms with Crippen LogP contribution in [0.3, 0.4) is 0 Å². The number of hydrogen-bond acceptors (Lipinski definition) is 2. The molecule has 0 bridgehead atoms. The predicted molar refractivity (Wildman–Crippen MR) is 55.0 cm³/mol. The van der Waals surface area contributed by atoms with Crippen molar-refractivity contribution in [1.29, 1.82) is 0 Å². The molecule has 14 heavy (non-hydrogen) atoms. The molecule has 0 aliphatic rings. The molecule has 0 aliphatic carbocycles. The van der Waals surface area contributed by atoms with Gasteiger partial charge in [-0.1, -0.05) is 30.3 Å². The molecule has 0 atom stereocenters. The number of hydrogen-bond donors (Lipinski definition) is 0. The van der Waals surface area contributed by atoms with Gasteiger partial charge in [-0.2, -0.15) is 0 Å². The number of nitrogens with zero attached hydrogens (tertiary/aromatic N) is 1. The van der Waals surface area contributed by atoms with Gasteiger partial charge in [-0.3, -0.25) is 4.98 Å². The first-order valence-electron chi connectivity index (χ1n) is 4.52. The zero-order valence-electron chi connectivity index (χ0n) is 7.76. The lowest BCUT2D eigenvalue weighted by atomic mass is 10.2. The van der Waals surface area contributed by atoms with E-state index in [1.54, 1.807) is 12.4 Å². The van der Waals surface area contributed by atoms with Gasteiger partial charge in [-0.05, 0) is 17.7 Å². The first-order valence-corrected chi connectivity index (χ1v) is 4.52. The van der Waals surface area contributed by atoms with Crippen LogP contribution in [0, 0.1) is 0 Å². The van der Waals surface area contributed by atoms with Crippen molar-refractivity contribution in [3.05, 3.63) is 60.4 Å². The third-order valence-corrected chi connectivity index (χ3v) is 1.88. The lowest BCUT2D eigenvalue weighted by molar-refractivity contribution is 0.305. The summed E-state index contributed by atoms with van der Waals surface area (Å²) in [5.41, 5.74) is 1.16. The van der Waals surface area contributed by atoms with E-state index < -0.39 is 0 Å². The second-order valence-electron chi connectivity index (χ2n) is 2.96. The second-order valence-corrected chi connectivity index (χ2v) is 2.96. The van der Waals surface area contributed by atoms with Gasteiger partial charge in [0.05, 0.1) is 6.20 Å². The molecule has 0 aliphatic heterocycles. The molecule has 0 fully saturated rings. The van der Waals surface area contributed by atoms with Gasteiger partial charge in [0.1, 0.15) is 12.4 Å². The Morgan fingerprint density at radius 3 is 2.57 bits per heavy atom. The van der Waals surface area contributed by atoms with Gasteiger partial charge in [0.2, 0.25) is 0 Å². The monoisotopic (exact) mass is 185 g/mol. The van der Waals surface area contributed by atoms with E-state index in [9.17, 15) is 0 Å². The topological polar surface area (TPSA) is 22.1 Å². The maximum Gasteiger partial charge on any atom is 0.138 e. The van der Waals surface area contributed by atoms with Crippen molar-refractivity contribution in [2.45, 2.75) is 6.61 Å². The average molecular weight is 185 g/mol. The minimum absolute atomic E-state index is 0.590. The van der Waals surface area contributed by atoms with E-state index in [1.807, 2.05) is 42.5 Å². The molecule has 0 saturated carbocycles. The van der Waals surface area contributed by atoms with Crippen molar-refractivity contribution in [3.63, 3.8) is 0 Å². The van der Waals surface area contributed by atoms with Gasteiger partial charge in [0, 0.05) is 6.20 Å². The summed E-state index contributed by atoms with van der Waals surface area (Å²) >= 11 is 0. The molecule has 0 spiro atoms. The van der Waals surface area contributed by atoms with E-state index in [0.29, 0.717) is 6.61 Å². The Morgan fingerprint density at radius 1 is 1.00 bits per heavy atom. The Bertz CT molecular complexity index is 333. The van der Waals surface area contributed by atoms with Gasteiger partial charge >= 0.3 is 0 Å². The quantitative estimate of drug-likeness (QED) is 0.733. The highest BCUT2D eigenvalue weighted by Crippen LogP contribution is 2.09. The molecule has 0 N–H and O–H groups in total. The highest BCUT2D eigenvalue weighted by Gasteiger charge is 1.93. The van der Waals surface area contributed by atoms with E-state index in [-0.39, 0.29) is 0 Å². The molecule has 70 valence electrons. The fraction of sp³-hybridized carbons (Fsp3) is 0.0833. The minimum atomic E-state index is 0.590. The van der Waals surface area contributed by atoms with Gasteiger partial charge in [-0.15, -0.1) is 0 Å². The molecule has 0 saturated heterocycles. The van der Waals surface area contributed by atoms with Crippen LogP contribution < -0.4 is 4.74 Å². The summed E-state index contributed by atoms with van der Waals surface area (Å²) in [6.45, 7) is 0.590. The summed E-state index contributed by atoms with van der Waals surface area (Å²) in [4.78, 5) is 3.97. The summed E-state index contributed by atoms with van der Waals surface area (Å²) in [5, 5.41) is 0. The van der Waals surface area contributed by atoms with Crippen molar-refractivity contribution in [2.24, 2.45) is 0 Å². The highest BCUT2D eigenvalue weighted by atomic mass is 16.5. The summed E-state index contributed by atoms with van der Waals surface area (Å²) < 4.78 is 5.53. The van der Waals surface area contributed by atoms with Crippen LogP contribution in [-0.2, 0) is 6.61 Å². The molecule has 0 amide bonds. The van der Waals surface area contributed by atoms with Crippen molar-refractivity contribution in [2.75, 3.05) is 0 Å². The molecule has 1 heterocycles. The number of aromatic nitrogens is 1. The predicted octanol–water partition coefficient (Wildman–Crippen LogP) is 2.66. The second kappa shape index (κ2) is 4.42. The van der Waals surface area contributed by atoms with Gasteiger partial charge in [-0.25, -0.2) is 0 Å². The number of pyridine rings is 1. The molecule has 0 radical (unpaired) electrons. The van der Waals surface area contributed by atoms with Crippen LogP contribution in [0.4, 0.5) is 0 Å². The largest absolute Gasteiger partial charge is 0.487 e. The van der Waals surface area contributed by atoms with E-state index in [0.717, 1.165) is 11.3 Å². The summed E-state index contributed by atoms with van der Waals surface area (Å²) in [7, 11) is 0. The summed E-state index contributed by atoms with van der Waals surface area (Å²) in [5.74, 6) is 0.802. The van der Waals surface area contributed by atoms with E-state index in [1.165, 1.54) is 0 Å². The fourth-order valence-corrected chi connectivity index (χ4v) is 1.17. The molecule has 2 aromatic rings. The van der Waals surface area contributed by atoms with Crippen LogP contribution in [0.1, 0.15) is 5.56 Å². The summed E-state index contributed by atoms with van der Waals surface area (Å²) in [6, 6.07) is 13.8. The molecule has 1 aromatic carbocycles. The molecule has 1 aromatic heterocycles. The Morgan fingerprint density at radius 2 is 1.86 bits per heavy atom. The van der Waals surface area contributed by atoms with Crippen LogP contribution in [0.15, 0.2) is 54.9 Å². The van der Waals surface area contributed by atoms with E-state index >= 15 is 0 Å². The van der Waals surface area contributed by atoms with Crippen LogP contribution >= 0.6 is 0 Å². The minimum Gasteiger partial charge on any atom is -0.487 e. The molecular weight excluding hydrogens is 174 g/mol. The smallest absolute Gasteiger partial charge is 0.138 e. The van der Waals surface area contributed by atoms with Crippen molar-refractivity contribution in [3.8, 4) is 5.75 Å². The third-order valence-electron chi connectivity index (χ3n) is 1.88. The van der Waals surface area contributed by atoms with Gasteiger partial charge in [0.15, 0.2) is 0 Å². The Balaban J connectivity index is 1.96. The Labute approximate surface area is 83.2 Å². The van der Waals surface area contributed by atoms with Crippen molar-refractivity contribution < 1.29 is 4.74 Å². The number of ether oxygens (including phenoxy) is 1. The third kappa shape index (κ3) is 2.33. The van der Waals surface area contributed by atoms with Crippen LogP contribution in [-0.4, -0.2) is 4.98 Å². The number of rotatable bonds is 3. The first kappa shape index (κ1) is 8.75. The molecular formula is C12H11NO. The first-order chi connectivity index (χ1) is 6.95. The van der Waals surface area contributed by atoms with Crippen LogP contribution in [0.2, 0.25) is 0 Å². The maximum atomic E-state index is 5.53. The van der Waals surface area contributed by atoms with E-state index in [2.05, 4.69) is 4.98 Å². The average Bonchev–Trinajstić information content (AvgIpc) is 2.29. The van der Waals surface area contributed by atoms with Gasteiger partial charge in [0.25, 0.3) is 0 Å². The molecule has 2 nitrogen and oxygen atoms in total. The zero-order valence-corrected chi connectivity index (χ0v) is 7.76. The SMILES string of the molecule is c1ccc(COc2cccnc2)cc1. The fourth-order valence-electron chi connectivity index (χ4n) is 1.17. The van der Waals surface area contributed by atoms with Gasteiger partial charge < -0.3 is 4.74 Å². The Kier molecular flexibility index (Phi) is 2.76. The molecule has 2 heteroatoms. The normalized spacial score (nSPS) is 9.71. The maximum absolute atomic E-state index is 5.53. The lowest BCUT2D eigenvalue weighted by Crippen LogP contribution is -1.94. The Hall–Kier alpha value is -1.83. The van der Waals surface area contributed by atoms with E-state index in [4.69, 9.17) is 4.74 Å². The molecule has 2 rings (SSSR count). The summed E-state index contributed by atoms with van der Waals surface area (Å²) in [6.07, 6.45) is 3.44.